The maximum Gasteiger partial charge on any atom is 0.410 e. The number of hydrogen-bond acceptors (Lipinski definition) is 4. The van der Waals surface area contributed by atoms with Crippen LogP contribution in [0.25, 0.3) is 0 Å². The summed E-state index contributed by atoms with van der Waals surface area (Å²) in [5.41, 5.74) is -0.458. The zero-order valence-electron chi connectivity index (χ0n) is 16.8. The van der Waals surface area contributed by atoms with Crippen molar-refractivity contribution in [1.29, 1.82) is 0 Å². The molecular formula is C20H38N2O3. The molecule has 146 valence electrons. The highest BCUT2D eigenvalue weighted by molar-refractivity contribution is 5.68. The van der Waals surface area contributed by atoms with Crippen LogP contribution in [-0.4, -0.2) is 55.0 Å². The molecule has 2 aliphatic rings. The minimum atomic E-state index is -0.458. The predicted octanol–water partition coefficient (Wildman–Crippen LogP) is 3.82. The molecule has 1 N–H and O–H groups in total. The fourth-order valence-corrected chi connectivity index (χ4v) is 3.89. The van der Waals surface area contributed by atoms with E-state index in [1.807, 2.05) is 25.7 Å². The number of ether oxygens (including phenoxy) is 2. The minimum absolute atomic E-state index is 0.0627. The van der Waals surface area contributed by atoms with Gasteiger partial charge in [0.1, 0.15) is 5.60 Å². The van der Waals surface area contributed by atoms with Gasteiger partial charge in [-0.3, -0.25) is 4.90 Å². The van der Waals surface area contributed by atoms with Crippen LogP contribution in [0.5, 0.6) is 0 Å². The molecule has 0 spiro atoms. The molecular weight excluding hydrogens is 316 g/mol. The number of amides is 1. The Morgan fingerprint density at radius 3 is 2.68 bits per heavy atom. The summed E-state index contributed by atoms with van der Waals surface area (Å²) in [7, 11) is 0. The first-order valence-corrected chi connectivity index (χ1v) is 10.1. The van der Waals surface area contributed by atoms with Crippen LogP contribution in [0.1, 0.15) is 66.7 Å². The van der Waals surface area contributed by atoms with Crippen LogP contribution in [0.15, 0.2) is 0 Å². The fraction of sp³-hybridized carbons (Fsp3) is 0.950. The first-order valence-electron chi connectivity index (χ1n) is 10.1. The molecule has 5 heteroatoms. The van der Waals surface area contributed by atoms with Gasteiger partial charge in [0, 0.05) is 19.1 Å². The summed E-state index contributed by atoms with van der Waals surface area (Å²) in [5, 5.41) is 3.71. The number of nitrogens with one attached hydrogen (secondary N) is 1. The lowest BCUT2D eigenvalue weighted by Crippen LogP contribution is -2.55. The van der Waals surface area contributed by atoms with Gasteiger partial charge in [-0.25, -0.2) is 4.79 Å². The van der Waals surface area contributed by atoms with E-state index in [0.717, 1.165) is 18.4 Å². The van der Waals surface area contributed by atoms with E-state index in [0.29, 0.717) is 25.8 Å². The van der Waals surface area contributed by atoms with Crippen molar-refractivity contribution in [2.24, 2.45) is 11.8 Å². The van der Waals surface area contributed by atoms with Crippen LogP contribution in [0.4, 0.5) is 4.79 Å². The monoisotopic (exact) mass is 354 g/mol. The molecule has 25 heavy (non-hydrogen) atoms. The topological polar surface area (TPSA) is 50.8 Å². The molecule has 1 aliphatic heterocycles. The van der Waals surface area contributed by atoms with E-state index >= 15 is 0 Å². The third-order valence-electron chi connectivity index (χ3n) is 5.45. The molecule has 5 nitrogen and oxygen atoms in total. The molecule has 0 aromatic carbocycles. The second kappa shape index (κ2) is 9.22. The summed E-state index contributed by atoms with van der Waals surface area (Å²) < 4.78 is 11.2. The highest BCUT2D eigenvalue weighted by Crippen LogP contribution is 2.28. The number of hydrogen-bond donors (Lipinski definition) is 1. The van der Waals surface area contributed by atoms with Crippen LogP contribution >= 0.6 is 0 Å². The van der Waals surface area contributed by atoms with Crippen LogP contribution in [0.3, 0.4) is 0 Å². The predicted molar refractivity (Wildman–Crippen MR) is 101 cm³/mol. The highest BCUT2D eigenvalue weighted by Gasteiger charge is 2.31. The Kier molecular flexibility index (Phi) is 7.56. The SMILES string of the molecule is CC(C)C1CCCC(NCC2COCCN2C(=O)OC(C)(C)C)CC1. The number of carbonyl (C=O) groups is 1. The number of nitrogens with zero attached hydrogens (tertiary/aromatic N) is 1. The van der Waals surface area contributed by atoms with Gasteiger partial charge in [-0.2, -0.15) is 0 Å². The molecule has 0 aromatic heterocycles. The van der Waals surface area contributed by atoms with Crippen molar-refractivity contribution in [1.82, 2.24) is 10.2 Å². The van der Waals surface area contributed by atoms with Gasteiger partial charge in [0.05, 0.1) is 19.3 Å². The summed E-state index contributed by atoms with van der Waals surface area (Å²) >= 11 is 0. The zero-order chi connectivity index (χ0) is 18.4. The van der Waals surface area contributed by atoms with E-state index < -0.39 is 5.60 Å². The number of carbonyl (C=O) groups excluding carboxylic acids is 1. The van der Waals surface area contributed by atoms with Gasteiger partial charge >= 0.3 is 6.09 Å². The van der Waals surface area contributed by atoms with Crippen LogP contribution in [0.2, 0.25) is 0 Å². The molecule has 0 bridgehead atoms. The van der Waals surface area contributed by atoms with E-state index in [2.05, 4.69) is 19.2 Å². The Morgan fingerprint density at radius 2 is 2.00 bits per heavy atom. The maximum absolute atomic E-state index is 12.5. The van der Waals surface area contributed by atoms with E-state index in [1.54, 1.807) is 0 Å². The van der Waals surface area contributed by atoms with Gasteiger partial charge in [0.2, 0.25) is 0 Å². The van der Waals surface area contributed by atoms with Gasteiger partial charge in [0.15, 0.2) is 0 Å². The van der Waals surface area contributed by atoms with Gasteiger partial charge in [0.25, 0.3) is 0 Å². The Bertz CT molecular complexity index is 420. The molecule has 1 saturated carbocycles. The number of morpholine rings is 1. The lowest BCUT2D eigenvalue weighted by Gasteiger charge is -2.37. The Labute approximate surface area is 153 Å². The summed E-state index contributed by atoms with van der Waals surface area (Å²) in [4.78, 5) is 14.3. The van der Waals surface area contributed by atoms with E-state index in [-0.39, 0.29) is 12.1 Å². The van der Waals surface area contributed by atoms with Crippen molar-refractivity contribution in [2.45, 2.75) is 84.4 Å². The lowest BCUT2D eigenvalue weighted by molar-refractivity contribution is -0.0322. The first-order chi connectivity index (χ1) is 11.8. The van der Waals surface area contributed by atoms with E-state index in [1.165, 1.54) is 32.1 Å². The smallest absolute Gasteiger partial charge is 0.410 e. The summed E-state index contributed by atoms with van der Waals surface area (Å²) in [5.74, 6) is 1.65. The normalized spacial score (nSPS) is 28.7. The third-order valence-corrected chi connectivity index (χ3v) is 5.45. The lowest BCUT2D eigenvalue weighted by atomic mass is 9.89. The molecule has 1 amide bonds. The molecule has 3 atom stereocenters. The summed E-state index contributed by atoms with van der Waals surface area (Å²) in [6.07, 6.45) is 6.23. The van der Waals surface area contributed by atoms with Crippen LogP contribution in [-0.2, 0) is 9.47 Å². The van der Waals surface area contributed by atoms with Crippen molar-refractivity contribution in [2.75, 3.05) is 26.3 Å². The molecule has 2 fully saturated rings. The molecule has 1 aliphatic carbocycles. The molecule has 3 unspecified atom stereocenters. The standard InChI is InChI=1S/C20H38N2O3/c1-15(2)16-7-6-8-17(10-9-16)21-13-18-14-24-12-11-22(18)19(23)25-20(3,4)5/h15-18,21H,6-14H2,1-5H3. The highest BCUT2D eigenvalue weighted by atomic mass is 16.6. The van der Waals surface area contributed by atoms with Crippen LogP contribution < -0.4 is 5.32 Å². The minimum Gasteiger partial charge on any atom is -0.444 e. The van der Waals surface area contributed by atoms with Crippen LogP contribution in [0, 0.1) is 11.8 Å². The van der Waals surface area contributed by atoms with E-state index in [9.17, 15) is 4.79 Å². The second-order valence-electron chi connectivity index (χ2n) is 9.02. The molecule has 1 heterocycles. The molecule has 0 radical (unpaired) electrons. The molecule has 1 saturated heterocycles. The molecule has 0 aromatic rings. The van der Waals surface area contributed by atoms with Gasteiger partial charge in [-0.1, -0.05) is 26.7 Å². The van der Waals surface area contributed by atoms with Crippen molar-refractivity contribution >= 4 is 6.09 Å². The average Bonchev–Trinajstić information content (AvgIpc) is 2.77. The Balaban J connectivity index is 1.84. The first kappa shape index (κ1) is 20.5. The summed E-state index contributed by atoms with van der Waals surface area (Å²) in [6.45, 7) is 13.0. The van der Waals surface area contributed by atoms with Gasteiger partial charge < -0.3 is 14.8 Å². The maximum atomic E-state index is 12.5. The quantitative estimate of drug-likeness (QED) is 0.780. The van der Waals surface area contributed by atoms with Crippen molar-refractivity contribution in [3.05, 3.63) is 0 Å². The Hall–Kier alpha value is -0.810. The molecule has 2 rings (SSSR count). The zero-order valence-corrected chi connectivity index (χ0v) is 16.8. The number of rotatable bonds is 4. The van der Waals surface area contributed by atoms with Crippen molar-refractivity contribution < 1.29 is 14.3 Å². The summed E-state index contributed by atoms with van der Waals surface area (Å²) in [6, 6.07) is 0.624. The van der Waals surface area contributed by atoms with Gasteiger partial charge in [-0.05, 0) is 51.9 Å². The van der Waals surface area contributed by atoms with E-state index in [4.69, 9.17) is 9.47 Å². The second-order valence-corrected chi connectivity index (χ2v) is 9.02. The average molecular weight is 355 g/mol. The fourth-order valence-electron chi connectivity index (χ4n) is 3.89. The Morgan fingerprint density at radius 1 is 1.24 bits per heavy atom. The largest absolute Gasteiger partial charge is 0.444 e. The van der Waals surface area contributed by atoms with Crippen molar-refractivity contribution in [3.8, 4) is 0 Å². The van der Waals surface area contributed by atoms with Crippen molar-refractivity contribution in [3.63, 3.8) is 0 Å². The van der Waals surface area contributed by atoms with Gasteiger partial charge in [-0.15, -0.1) is 0 Å². The third kappa shape index (κ3) is 6.78.